The van der Waals surface area contributed by atoms with Gasteiger partial charge in [0.05, 0.1) is 20.3 Å². The van der Waals surface area contributed by atoms with Gasteiger partial charge in [-0.15, -0.1) is 5.10 Å². The summed E-state index contributed by atoms with van der Waals surface area (Å²) in [7, 11) is 1.61. The van der Waals surface area contributed by atoms with Crippen LogP contribution in [0.5, 0.6) is 5.88 Å². The van der Waals surface area contributed by atoms with Crippen LogP contribution in [0.2, 0.25) is 0 Å². The van der Waals surface area contributed by atoms with Gasteiger partial charge in [-0.05, 0) is 42.9 Å². The van der Waals surface area contributed by atoms with E-state index in [-0.39, 0.29) is 18.2 Å². The first-order valence-electron chi connectivity index (χ1n) is 11.7. The number of methoxy groups -OCH3 is 1. The molecule has 1 aliphatic carbocycles. The fraction of sp³-hybridized carbons (Fsp3) is 0.458. The first kappa shape index (κ1) is 22.1. The van der Waals surface area contributed by atoms with Gasteiger partial charge in [0.15, 0.2) is 23.3 Å². The van der Waals surface area contributed by atoms with Crippen molar-refractivity contribution in [2.75, 3.05) is 37.0 Å². The third-order valence-corrected chi connectivity index (χ3v) is 7.29. The molecule has 1 aromatic carbocycles. The molecule has 0 spiro atoms. The van der Waals surface area contributed by atoms with Gasteiger partial charge >= 0.3 is 0 Å². The molecule has 3 aromatic rings. The molecule has 1 saturated heterocycles. The SMILES string of the molecule is COc1cc(N2CC3CC[C@@H](C2)C3Nc2nc3n(n2)CCO[C@H]3c2ccc(F)c(F)c2F)ccn1. The number of hydrogen-bond donors (Lipinski definition) is 1. The van der Waals surface area contributed by atoms with Crippen molar-refractivity contribution in [3.8, 4) is 5.88 Å². The maximum atomic E-state index is 14.5. The van der Waals surface area contributed by atoms with Crippen molar-refractivity contribution >= 4 is 11.6 Å². The van der Waals surface area contributed by atoms with E-state index in [2.05, 4.69) is 25.3 Å². The quantitative estimate of drug-likeness (QED) is 0.553. The molecule has 2 aromatic heterocycles. The minimum atomic E-state index is -1.52. The average Bonchev–Trinajstić information content (AvgIpc) is 3.38. The number of rotatable bonds is 5. The molecule has 0 radical (unpaired) electrons. The summed E-state index contributed by atoms with van der Waals surface area (Å²) in [4.78, 5) is 11.2. The number of nitrogens with one attached hydrogen (secondary N) is 1. The summed E-state index contributed by atoms with van der Waals surface area (Å²) >= 11 is 0. The third kappa shape index (κ3) is 3.87. The molecule has 2 bridgehead atoms. The Labute approximate surface area is 200 Å². The number of fused-ring (bicyclic) bond motifs is 3. The average molecular weight is 486 g/mol. The summed E-state index contributed by atoms with van der Waals surface area (Å²) in [6.45, 7) is 2.49. The first-order valence-corrected chi connectivity index (χ1v) is 11.7. The van der Waals surface area contributed by atoms with E-state index in [0.717, 1.165) is 37.7 Å². The van der Waals surface area contributed by atoms with Crippen molar-refractivity contribution in [3.05, 3.63) is 59.3 Å². The zero-order valence-corrected chi connectivity index (χ0v) is 19.1. The number of hydrogen-bond acceptors (Lipinski definition) is 7. The van der Waals surface area contributed by atoms with E-state index >= 15 is 0 Å². The highest BCUT2D eigenvalue weighted by Crippen LogP contribution is 2.40. The van der Waals surface area contributed by atoms with Gasteiger partial charge in [0.25, 0.3) is 0 Å². The molecule has 2 aliphatic heterocycles. The van der Waals surface area contributed by atoms with Crippen LogP contribution in [-0.2, 0) is 11.3 Å². The molecule has 2 unspecified atom stereocenters. The van der Waals surface area contributed by atoms with Crippen molar-refractivity contribution in [1.29, 1.82) is 0 Å². The topological polar surface area (TPSA) is 77.3 Å². The highest BCUT2D eigenvalue weighted by Gasteiger charge is 2.43. The maximum absolute atomic E-state index is 14.5. The predicted molar refractivity (Wildman–Crippen MR) is 121 cm³/mol. The number of aromatic nitrogens is 4. The normalized spacial score (nSPS) is 25.4. The summed E-state index contributed by atoms with van der Waals surface area (Å²) in [5.74, 6) is -1.80. The Morgan fingerprint density at radius 3 is 2.66 bits per heavy atom. The smallest absolute Gasteiger partial charge is 0.242 e. The van der Waals surface area contributed by atoms with Crippen LogP contribution in [0.1, 0.15) is 30.3 Å². The van der Waals surface area contributed by atoms with Crippen molar-refractivity contribution < 1.29 is 22.6 Å². The van der Waals surface area contributed by atoms with Gasteiger partial charge in [0.1, 0.15) is 6.10 Å². The lowest BCUT2D eigenvalue weighted by molar-refractivity contribution is 0.0364. The monoisotopic (exact) mass is 486 g/mol. The Hall–Kier alpha value is -3.34. The number of halogens is 3. The van der Waals surface area contributed by atoms with Gasteiger partial charge in [-0.1, -0.05) is 0 Å². The minimum absolute atomic E-state index is 0.0926. The molecule has 4 heterocycles. The molecular weight excluding hydrogens is 461 g/mol. The molecule has 35 heavy (non-hydrogen) atoms. The zero-order valence-electron chi connectivity index (χ0n) is 19.1. The van der Waals surface area contributed by atoms with E-state index in [0.29, 0.717) is 36.0 Å². The van der Waals surface area contributed by atoms with Gasteiger partial charge in [-0.3, -0.25) is 0 Å². The predicted octanol–water partition coefficient (Wildman–Crippen LogP) is 3.55. The largest absolute Gasteiger partial charge is 0.481 e. The van der Waals surface area contributed by atoms with Crippen LogP contribution < -0.4 is 15.0 Å². The molecule has 0 amide bonds. The summed E-state index contributed by atoms with van der Waals surface area (Å²) in [6.07, 6.45) is 3.00. The Balaban J connectivity index is 1.21. The number of anilines is 2. The Kier molecular flexibility index (Phi) is 5.51. The van der Waals surface area contributed by atoms with Gasteiger partial charge < -0.3 is 19.7 Å². The van der Waals surface area contributed by atoms with Gasteiger partial charge in [-0.2, -0.15) is 4.98 Å². The lowest BCUT2D eigenvalue weighted by Gasteiger charge is -2.39. The van der Waals surface area contributed by atoms with E-state index in [4.69, 9.17) is 9.47 Å². The van der Waals surface area contributed by atoms with Gasteiger partial charge in [0, 0.05) is 42.6 Å². The van der Waals surface area contributed by atoms with Crippen LogP contribution in [0.25, 0.3) is 0 Å². The molecule has 4 atom stereocenters. The molecular formula is C24H25F3N6O2. The molecule has 3 aliphatic rings. The molecule has 1 saturated carbocycles. The Morgan fingerprint density at radius 2 is 1.89 bits per heavy atom. The number of ether oxygens (including phenoxy) is 2. The molecule has 1 N–H and O–H groups in total. The van der Waals surface area contributed by atoms with Crippen LogP contribution in [0.3, 0.4) is 0 Å². The highest BCUT2D eigenvalue weighted by molar-refractivity contribution is 5.49. The van der Waals surface area contributed by atoms with E-state index in [1.165, 1.54) is 6.07 Å². The zero-order chi connectivity index (χ0) is 24.1. The Morgan fingerprint density at radius 1 is 1.09 bits per heavy atom. The second-order valence-corrected chi connectivity index (χ2v) is 9.26. The number of nitrogens with zero attached hydrogens (tertiary/aromatic N) is 5. The van der Waals surface area contributed by atoms with Crippen LogP contribution in [0.4, 0.5) is 24.8 Å². The number of pyridine rings is 1. The van der Waals surface area contributed by atoms with E-state index in [1.807, 2.05) is 12.1 Å². The summed E-state index contributed by atoms with van der Waals surface area (Å²) in [5, 5.41) is 8.08. The summed E-state index contributed by atoms with van der Waals surface area (Å²) < 4.78 is 54.4. The van der Waals surface area contributed by atoms with Crippen LogP contribution in [0, 0.1) is 29.3 Å². The fourth-order valence-corrected chi connectivity index (χ4v) is 5.60. The molecule has 11 heteroatoms. The highest BCUT2D eigenvalue weighted by atomic mass is 19.2. The van der Waals surface area contributed by atoms with Crippen LogP contribution >= 0.6 is 0 Å². The third-order valence-electron chi connectivity index (χ3n) is 7.29. The van der Waals surface area contributed by atoms with E-state index < -0.39 is 23.6 Å². The lowest BCUT2D eigenvalue weighted by Crippen LogP contribution is -2.48. The number of piperidine rings is 1. The van der Waals surface area contributed by atoms with Gasteiger partial charge in [0.2, 0.25) is 11.8 Å². The van der Waals surface area contributed by atoms with Crippen molar-refractivity contribution in [2.45, 2.75) is 31.5 Å². The summed E-state index contributed by atoms with van der Waals surface area (Å²) in [6, 6.07) is 6.25. The second kappa shape index (κ2) is 8.71. The standard InChI is InChI=1S/C24H25F3N6O2/c1-34-18-10-15(6-7-28-18)32-11-13-2-3-14(12-32)21(13)29-24-30-23-22(35-9-8-33(23)31-24)16-4-5-17(25)20(27)19(16)26/h4-7,10,13-14,21-22H,2-3,8-9,11-12H2,1H3,(H,29,31)/t13-,14?,21?,22-/m0/s1. The lowest BCUT2D eigenvalue weighted by atomic mass is 9.92. The maximum Gasteiger partial charge on any atom is 0.242 e. The molecule has 6 rings (SSSR count). The molecule has 184 valence electrons. The van der Waals surface area contributed by atoms with Crippen molar-refractivity contribution in [2.24, 2.45) is 11.8 Å². The van der Waals surface area contributed by atoms with Crippen molar-refractivity contribution in [1.82, 2.24) is 19.7 Å². The van der Waals surface area contributed by atoms with Crippen molar-refractivity contribution in [3.63, 3.8) is 0 Å². The molecule has 8 nitrogen and oxygen atoms in total. The van der Waals surface area contributed by atoms with E-state index in [1.54, 1.807) is 18.0 Å². The second-order valence-electron chi connectivity index (χ2n) is 9.26. The molecule has 2 fully saturated rings. The summed E-state index contributed by atoms with van der Waals surface area (Å²) in [5.41, 5.74) is 1.00. The minimum Gasteiger partial charge on any atom is -0.481 e. The Bertz CT molecular complexity index is 1240. The fourth-order valence-electron chi connectivity index (χ4n) is 5.60. The van der Waals surface area contributed by atoms with Crippen LogP contribution in [0.15, 0.2) is 30.5 Å². The number of benzene rings is 1. The first-order chi connectivity index (χ1) is 17.0. The van der Waals surface area contributed by atoms with Crippen LogP contribution in [-0.4, -0.2) is 52.6 Å². The van der Waals surface area contributed by atoms with Gasteiger partial charge in [-0.25, -0.2) is 22.8 Å². The van der Waals surface area contributed by atoms with E-state index in [9.17, 15) is 13.2 Å².